The van der Waals surface area contributed by atoms with Crippen LogP contribution >= 0.6 is 0 Å². The molecule has 3 aliphatic heterocycles. The molecule has 1 aliphatic carbocycles. The Kier molecular flexibility index (Phi) is 0.796. The normalized spacial score (nSPS) is 57.6. The molecule has 4 unspecified atom stereocenters. The van der Waals surface area contributed by atoms with Crippen LogP contribution < -0.4 is 0 Å². The van der Waals surface area contributed by atoms with E-state index in [2.05, 4.69) is 4.90 Å². The SMILES string of the molecule is O=C(O)C12CN3CCC1C2C3. The Bertz CT molecular complexity index is 234. The number of fused-ring (bicyclic) bond motifs is 1. The molecule has 0 aromatic heterocycles. The molecule has 0 spiro atoms. The second-order valence-corrected chi connectivity index (χ2v) is 4.08. The highest BCUT2D eigenvalue weighted by molar-refractivity contribution is 5.81. The molecule has 3 heterocycles. The van der Waals surface area contributed by atoms with E-state index >= 15 is 0 Å². The predicted molar refractivity (Wildman–Crippen MR) is 38.1 cm³/mol. The fraction of sp³-hybridized carbons (Fsp3) is 0.875. The summed E-state index contributed by atoms with van der Waals surface area (Å²) in [7, 11) is 0. The number of carboxylic acids is 1. The summed E-state index contributed by atoms with van der Waals surface area (Å²) in [5, 5.41) is 9.01. The van der Waals surface area contributed by atoms with Gasteiger partial charge in [0.15, 0.2) is 0 Å². The van der Waals surface area contributed by atoms with Crippen molar-refractivity contribution in [3.63, 3.8) is 0 Å². The maximum absolute atomic E-state index is 10.9. The van der Waals surface area contributed by atoms with Gasteiger partial charge in [0, 0.05) is 13.1 Å². The van der Waals surface area contributed by atoms with E-state index in [-0.39, 0.29) is 5.41 Å². The van der Waals surface area contributed by atoms with Crippen molar-refractivity contribution in [2.24, 2.45) is 17.3 Å². The predicted octanol–water partition coefficient (Wildman–Crippen LogP) is 0.0227. The van der Waals surface area contributed by atoms with Crippen LogP contribution in [0.1, 0.15) is 6.42 Å². The molecule has 4 rings (SSSR count). The van der Waals surface area contributed by atoms with Crippen molar-refractivity contribution in [3.8, 4) is 0 Å². The van der Waals surface area contributed by atoms with Crippen LogP contribution in [0.5, 0.6) is 0 Å². The summed E-state index contributed by atoms with van der Waals surface area (Å²) < 4.78 is 0. The quantitative estimate of drug-likeness (QED) is 0.577. The summed E-state index contributed by atoms with van der Waals surface area (Å²) >= 11 is 0. The topological polar surface area (TPSA) is 40.5 Å². The first kappa shape index (κ1) is 6.00. The van der Waals surface area contributed by atoms with E-state index in [1.807, 2.05) is 0 Å². The van der Waals surface area contributed by atoms with E-state index in [4.69, 9.17) is 5.11 Å². The number of hydrogen-bond donors (Lipinski definition) is 1. The van der Waals surface area contributed by atoms with E-state index in [1.165, 1.54) is 0 Å². The minimum absolute atomic E-state index is 0.280. The van der Waals surface area contributed by atoms with E-state index in [1.54, 1.807) is 0 Å². The Labute approximate surface area is 65.0 Å². The van der Waals surface area contributed by atoms with Gasteiger partial charge in [-0.3, -0.25) is 4.79 Å². The molecule has 0 aromatic carbocycles. The van der Waals surface area contributed by atoms with Crippen molar-refractivity contribution in [2.75, 3.05) is 19.6 Å². The van der Waals surface area contributed by atoms with Crippen LogP contribution in [0.3, 0.4) is 0 Å². The summed E-state index contributed by atoms with van der Waals surface area (Å²) in [6, 6.07) is 0. The zero-order valence-corrected chi connectivity index (χ0v) is 6.29. The zero-order chi connectivity index (χ0) is 7.64. The van der Waals surface area contributed by atoms with Gasteiger partial charge in [0.05, 0.1) is 5.41 Å². The first-order valence-electron chi connectivity index (χ1n) is 4.21. The molecule has 0 amide bonds. The molecular weight excluding hydrogens is 142 g/mol. The van der Waals surface area contributed by atoms with Crippen molar-refractivity contribution in [2.45, 2.75) is 6.42 Å². The molecule has 11 heavy (non-hydrogen) atoms. The third-order valence-electron chi connectivity index (χ3n) is 3.79. The lowest BCUT2D eigenvalue weighted by molar-refractivity contribution is -0.144. The number of carbonyl (C=O) groups is 1. The largest absolute Gasteiger partial charge is 0.481 e. The molecule has 0 radical (unpaired) electrons. The molecule has 3 heteroatoms. The highest BCUT2D eigenvalue weighted by Crippen LogP contribution is 2.67. The molecular formula is C8H11NO2. The molecule has 0 aromatic rings. The number of piperidine rings is 3. The van der Waals surface area contributed by atoms with Crippen LogP contribution in [0.2, 0.25) is 0 Å². The van der Waals surface area contributed by atoms with E-state index in [9.17, 15) is 4.79 Å². The highest BCUT2D eigenvalue weighted by Gasteiger charge is 2.75. The molecule has 4 aliphatic rings. The maximum Gasteiger partial charge on any atom is 0.311 e. The number of rotatable bonds is 1. The van der Waals surface area contributed by atoms with Crippen molar-refractivity contribution < 1.29 is 9.90 Å². The molecule has 3 nitrogen and oxygen atoms in total. The monoisotopic (exact) mass is 153 g/mol. The molecule has 3 saturated heterocycles. The van der Waals surface area contributed by atoms with Gasteiger partial charge in [-0.2, -0.15) is 0 Å². The maximum atomic E-state index is 10.9. The molecule has 60 valence electrons. The summed E-state index contributed by atoms with van der Waals surface area (Å²) in [5.41, 5.74) is -0.280. The summed E-state index contributed by atoms with van der Waals surface area (Å²) in [4.78, 5) is 13.2. The highest BCUT2D eigenvalue weighted by atomic mass is 16.4. The minimum atomic E-state index is -0.547. The smallest absolute Gasteiger partial charge is 0.311 e. The zero-order valence-electron chi connectivity index (χ0n) is 6.29. The van der Waals surface area contributed by atoms with E-state index in [0.29, 0.717) is 11.8 Å². The van der Waals surface area contributed by atoms with E-state index in [0.717, 1.165) is 26.1 Å². The van der Waals surface area contributed by atoms with Crippen LogP contribution in [-0.4, -0.2) is 35.6 Å². The summed E-state index contributed by atoms with van der Waals surface area (Å²) in [5.74, 6) is 0.494. The Morgan fingerprint density at radius 3 is 2.64 bits per heavy atom. The van der Waals surface area contributed by atoms with Gasteiger partial charge in [-0.1, -0.05) is 0 Å². The van der Waals surface area contributed by atoms with Crippen LogP contribution in [0.15, 0.2) is 0 Å². The Hall–Kier alpha value is -0.570. The van der Waals surface area contributed by atoms with Gasteiger partial charge in [0.25, 0.3) is 0 Å². The lowest BCUT2D eigenvalue weighted by atomic mass is 9.99. The first-order chi connectivity index (χ1) is 5.25. The third-order valence-corrected chi connectivity index (χ3v) is 3.79. The summed E-state index contributed by atoms with van der Waals surface area (Å²) in [6.45, 7) is 3.02. The first-order valence-corrected chi connectivity index (χ1v) is 4.21. The van der Waals surface area contributed by atoms with Gasteiger partial charge < -0.3 is 10.0 Å². The lowest BCUT2D eigenvalue weighted by Crippen LogP contribution is -2.37. The van der Waals surface area contributed by atoms with Gasteiger partial charge in [-0.15, -0.1) is 0 Å². The standard InChI is InChI=1S/C8H11NO2/c10-7(11)8-4-9-2-1-5(8)6(8)3-9/h5-6H,1-4H2,(H,10,11). The average Bonchev–Trinajstić information content (AvgIpc) is 2.52. The van der Waals surface area contributed by atoms with Gasteiger partial charge in [-0.05, 0) is 24.8 Å². The third kappa shape index (κ3) is 0.466. The minimum Gasteiger partial charge on any atom is -0.481 e. The van der Waals surface area contributed by atoms with Crippen LogP contribution in [0.25, 0.3) is 0 Å². The summed E-state index contributed by atoms with van der Waals surface area (Å²) in [6.07, 6.45) is 1.12. The Balaban J connectivity index is 1.99. The Morgan fingerprint density at radius 1 is 1.55 bits per heavy atom. The van der Waals surface area contributed by atoms with Gasteiger partial charge in [-0.25, -0.2) is 0 Å². The van der Waals surface area contributed by atoms with Gasteiger partial charge >= 0.3 is 5.97 Å². The number of nitrogens with zero attached hydrogens (tertiary/aromatic N) is 1. The molecule has 4 atom stereocenters. The van der Waals surface area contributed by atoms with Crippen molar-refractivity contribution >= 4 is 5.97 Å². The number of carboxylic acid groups (broad SMARTS) is 1. The lowest BCUT2D eigenvalue weighted by Gasteiger charge is -2.27. The molecule has 1 saturated carbocycles. The average molecular weight is 153 g/mol. The molecule has 1 N–H and O–H groups in total. The van der Waals surface area contributed by atoms with Crippen LogP contribution in [0, 0.1) is 17.3 Å². The van der Waals surface area contributed by atoms with Crippen molar-refractivity contribution in [1.29, 1.82) is 0 Å². The van der Waals surface area contributed by atoms with Gasteiger partial charge in [0.1, 0.15) is 0 Å². The van der Waals surface area contributed by atoms with Crippen LogP contribution in [0.4, 0.5) is 0 Å². The second kappa shape index (κ2) is 1.46. The van der Waals surface area contributed by atoms with Crippen molar-refractivity contribution in [3.05, 3.63) is 0 Å². The van der Waals surface area contributed by atoms with Crippen molar-refractivity contribution in [1.82, 2.24) is 4.90 Å². The van der Waals surface area contributed by atoms with Crippen LogP contribution in [-0.2, 0) is 4.79 Å². The van der Waals surface area contributed by atoms with Gasteiger partial charge in [0.2, 0.25) is 0 Å². The van der Waals surface area contributed by atoms with E-state index < -0.39 is 5.97 Å². The fourth-order valence-electron chi connectivity index (χ4n) is 3.18. The second-order valence-electron chi connectivity index (χ2n) is 4.08. The molecule has 4 bridgehead atoms. The fourth-order valence-corrected chi connectivity index (χ4v) is 3.18. The Morgan fingerprint density at radius 2 is 2.36 bits per heavy atom. The number of hydrogen-bond acceptors (Lipinski definition) is 2. The number of aliphatic carboxylic acids is 1. The molecule has 4 fully saturated rings.